The van der Waals surface area contributed by atoms with Crippen molar-refractivity contribution in [2.75, 3.05) is 44.3 Å². The van der Waals surface area contributed by atoms with Crippen LogP contribution in [0.15, 0.2) is 48.5 Å². The highest BCUT2D eigenvalue weighted by atomic mass is 32.1. The maximum atomic E-state index is 14.3. The third-order valence-electron chi connectivity index (χ3n) is 10.4. The van der Waals surface area contributed by atoms with Gasteiger partial charge in [-0.05, 0) is 79.8 Å². The molecule has 4 aliphatic rings. The number of hydrogen-bond acceptors (Lipinski definition) is 7. The van der Waals surface area contributed by atoms with Crippen molar-refractivity contribution in [2.24, 2.45) is 0 Å². The van der Waals surface area contributed by atoms with Crippen LogP contribution in [0.2, 0.25) is 0 Å². The zero-order chi connectivity index (χ0) is 33.8. The van der Waals surface area contributed by atoms with Crippen LogP contribution in [0, 0.1) is 0 Å². The lowest BCUT2D eigenvalue weighted by atomic mass is 9.89. The Balaban J connectivity index is 1.04. The molecule has 11 nitrogen and oxygen atoms in total. The number of nitrogens with zero attached hydrogens (tertiary/aromatic N) is 3. The van der Waals surface area contributed by atoms with Crippen LogP contribution in [0.1, 0.15) is 71.7 Å². The number of ether oxygens (including phenoxy) is 1. The summed E-state index contributed by atoms with van der Waals surface area (Å²) < 4.78 is 31.9. The molecule has 48 heavy (non-hydrogen) atoms. The van der Waals surface area contributed by atoms with Gasteiger partial charge in [-0.15, -0.1) is 11.3 Å². The Kier molecular flexibility index (Phi) is 8.87. The molecule has 256 valence electrons. The van der Waals surface area contributed by atoms with E-state index in [9.17, 15) is 33.1 Å². The molecule has 4 saturated heterocycles. The van der Waals surface area contributed by atoms with Crippen LogP contribution < -0.4 is 10.2 Å². The van der Waals surface area contributed by atoms with Gasteiger partial charge in [-0.2, -0.15) is 0 Å². The molecule has 2 aromatic carbocycles. The van der Waals surface area contributed by atoms with Gasteiger partial charge >= 0.3 is 7.60 Å². The van der Waals surface area contributed by atoms with Gasteiger partial charge < -0.3 is 34.5 Å². The van der Waals surface area contributed by atoms with E-state index in [1.54, 1.807) is 4.90 Å². The van der Waals surface area contributed by atoms with Crippen LogP contribution in [-0.2, 0) is 18.9 Å². The number of rotatable bonds is 7. The number of benzene rings is 2. The molecule has 0 aliphatic carbocycles. The Morgan fingerprint density at radius 3 is 2.58 bits per heavy atom. The Bertz CT molecular complexity index is 1790. The SMILES string of the molecule is C[C@@]12CCC[C@H](NC(=O)c3cc4cc(C(F)P(=O)(O)O)ccc4s3)C(=O)N1[C@H](C(=O)N1CC(c3ccccc3N3CCOCC3)C1)CC2. The fourth-order valence-corrected chi connectivity index (χ4v) is 9.32. The van der Waals surface area contributed by atoms with E-state index in [0.29, 0.717) is 60.5 Å². The summed E-state index contributed by atoms with van der Waals surface area (Å²) in [5.74, 6) is -2.99. The summed E-state index contributed by atoms with van der Waals surface area (Å²) in [5, 5.41) is 3.38. The van der Waals surface area contributed by atoms with Crippen molar-refractivity contribution in [1.82, 2.24) is 15.1 Å². The molecule has 4 atom stereocenters. The van der Waals surface area contributed by atoms with Gasteiger partial charge in [-0.25, -0.2) is 4.39 Å². The predicted octanol–water partition coefficient (Wildman–Crippen LogP) is 4.54. The van der Waals surface area contributed by atoms with Crippen molar-refractivity contribution in [1.29, 1.82) is 0 Å². The van der Waals surface area contributed by atoms with E-state index in [2.05, 4.69) is 22.3 Å². The number of hydrogen-bond donors (Lipinski definition) is 3. The number of carbonyl (C=O) groups is 3. The maximum absolute atomic E-state index is 14.3. The van der Waals surface area contributed by atoms with Crippen LogP contribution in [0.5, 0.6) is 0 Å². The van der Waals surface area contributed by atoms with Crippen molar-refractivity contribution < 1.29 is 37.9 Å². The number of morpholine rings is 1. The van der Waals surface area contributed by atoms with E-state index in [0.717, 1.165) is 37.3 Å². The standard InChI is InChI=1S/C34H40FN4O7PS/c1-34-11-4-6-25(36-31(40)29-18-22-17-21(8-9-28(22)48-29)30(35)47(43,44)45)32(41)39(34)27(10-12-34)33(42)38-19-23(20-38)24-5-2-3-7-26(24)37-13-15-46-16-14-37/h2-3,5,7-9,17-18,23,25,27,30H,4,6,10-16,19-20H2,1H3,(H,36,40)(H2,43,44,45)/t25-,27-,30?,34-/m0/s1. The number of fused-ring (bicyclic) bond motifs is 2. The second-order valence-corrected chi connectivity index (χ2v) is 16.3. The van der Waals surface area contributed by atoms with Gasteiger partial charge in [-0.3, -0.25) is 18.9 Å². The minimum absolute atomic E-state index is 0.0408. The molecule has 14 heteroatoms. The molecule has 0 saturated carbocycles. The van der Waals surface area contributed by atoms with Crippen molar-refractivity contribution in [3.8, 4) is 0 Å². The minimum Gasteiger partial charge on any atom is -0.378 e. The van der Waals surface area contributed by atoms with Crippen molar-refractivity contribution in [3.63, 3.8) is 0 Å². The first-order valence-electron chi connectivity index (χ1n) is 16.5. The maximum Gasteiger partial charge on any atom is 0.363 e. The number of likely N-dealkylation sites (tertiary alicyclic amines) is 1. The largest absolute Gasteiger partial charge is 0.378 e. The number of anilines is 1. The van der Waals surface area contributed by atoms with Crippen LogP contribution >= 0.6 is 18.9 Å². The minimum atomic E-state index is -4.98. The molecule has 3 amide bonds. The molecule has 3 N–H and O–H groups in total. The summed E-state index contributed by atoms with van der Waals surface area (Å²) >= 11 is 1.15. The highest BCUT2D eigenvalue weighted by molar-refractivity contribution is 7.51. The zero-order valence-electron chi connectivity index (χ0n) is 26.7. The van der Waals surface area contributed by atoms with Crippen molar-refractivity contribution in [2.45, 2.75) is 68.5 Å². The van der Waals surface area contributed by atoms with Gasteiger partial charge in [0.05, 0.1) is 18.1 Å². The Morgan fingerprint density at radius 2 is 1.83 bits per heavy atom. The summed E-state index contributed by atoms with van der Waals surface area (Å²) in [4.78, 5) is 66.3. The molecular weight excluding hydrogens is 658 g/mol. The smallest absolute Gasteiger partial charge is 0.363 e. The second kappa shape index (κ2) is 12.8. The fourth-order valence-electron chi connectivity index (χ4n) is 7.82. The van der Waals surface area contributed by atoms with E-state index in [1.165, 1.54) is 35.5 Å². The first-order valence-corrected chi connectivity index (χ1v) is 19.0. The summed E-state index contributed by atoms with van der Waals surface area (Å²) in [7, 11) is -4.98. The highest BCUT2D eigenvalue weighted by Gasteiger charge is 2.53. The molecule has 7 rings (SSSR count). The van der Waals surface area contributed by atoms with Crippen LogP contribution in [0.25, 0.3) is 10.1 Å². The van der Waals surface area contributed by atoms with Crippen molar-refractivity contribution in [3.05, 3.63) is 64.5 Å². The molecule has 0 radical (unpaired) electrons. The van der Waals surface area contributed by atoms with Gasteiger partial charge in [0.25, 0.3) is 5.91 Å². The lowest BCUT2D eigenvalue weighted by Crippen LogP contribution is -2.60. The Hall–Kier alpha value is -3.35. The van der Waals surface area contributed by atoms with E-state index in [-0.39, 0.29) is 23.3 Å². The normalized spacial score (nSPS) is 25.8. The van der Waals surface area contributed by atoms with Gasteiger partial charge in [0.1, 0.15) is 12.1 Å². The summed E-state index contributed by atoms with van der Waals surface area (Å²) in [6, 6.07) is 12.7. The molecule has 4 aliphatic heterocycles. The van der Waals surface area contributed by atoms with Gasteiger partial charge in [-0.1, -0.05) is 24.3 Å². The van der Waals surface area contributed by atoms with E-state index < -0.39 is 37.0 Å². The van der Waals surface area contributed by atoms with Crippen molar-refractivity contribution >= 4 is 52.4 Å². The summed E-state index contributed by atoms with van der Waals surface area (Å²) in [6.45, 7) is 6.31. The topological polar surface area (TPSA) is 140 Å². The summed E-state index contributed by atoms with van der Waals surface area (Å²) in [5.41, 5.74) is 1.79. The molecule has 1 unspecified atom stereocenters. The zero-order valence-corrected chi connectivity index (χ0v) is 28.4. The molecule has 0 spiro atoms. The Morgan fingerprint density at radius 1 is 1.08 bits per heavy atom. The number of alkyl halides is 1. The molecule has 1 aromatic heterocycles. The lowest BCUT2D eigenvalue weighted by Gasteiger charge is -2.45. The van der Waals surface area contributed by atoms with Gasteiger partial charge in [0, 0.05) is 48.0 Å². The highest BCUT2D eigenvalue weighted by Crippen LogP contribution is 2.53. The molecule has 4 fully saturated rings. The molecule has 3 aromatic rings. The van der Waals surface area contributed by atoms with Gasteiger partial charge in [0.2, 0.25) is 17.7 Å². The number of nitrogens with one attached hydrogen (secondary N) is 1. The first-order chi connectivity index (χ1) is 22.9. The average Bonchev–Trinajstić information content (AvgIpc) is 3.61. The molecular formula is C34H40FN4O7PS. The first kappa shape index (κ1) is 33.2. The third kappa shape index (κ3) is 6.15. The quantitative estimate of drug-likeness (QED) is 0.306. The average molecular weight is 699 g/mol. The second-order valence-electron chi connectivity index (χ2n) is 13.6. The fraction of sp³-hybridized carbons (Fsp3) is 0.500. The Labute approximate surface area is 282 Å². The number of halogens is 1. The third-order valence-corrected chi connectivity index (χ3v) is 12.4. The number of amides is 3. The van der Waals surface area contributed by atoms with E-state index in [4.69, 9.17) is 4.74 Å². The lowest BCUT2D eigenvalue weighted by molar-refractivity contribution is -0.151. The predicted molar refractivity (Wildman–Crippen MR) is 180 cm³/mol. The van der Waals surface area contributed by atoms with Crippen LogP contribution in [0.4, 0.5) is 10.1 Å². The van der Waals surface area contributed by atoms with Gasteiger partial charge in [0.15, 0.2) is 0 Å². The van der Waals surface area contributed by atoms with Crippen LogP contribution in [0.3, 0.4) is 0 Å². The number of carbonyl (C=O) groups excluding carboxylic acids is 3. The van der Waals surface area contributed by atoms with Crippen LogP contribution in [-0.4, -0.2) is 94.3 Å². The monoisotopic (exact) mass is 698 g/mol. The molecule has 0 bridgehead atoms. The van der Waals surface area contributed by atoms with E-state index in [1.807, 2.05) is 24.0 Å². The number of thiophene rings is 1. The van der Waals surface area contributed by atoms with E-state index >= 15 is 0 Å². The molecule has 5 heterocycles. The number of para-hydroxylation sites is 1. The summed E-state index contributed by atoms with van der Waals surface area (Å²) in [6.07, 6.45) is 3.19.